The molecule has 3 heterocycles. The van der Waals surface area contributed by atoms with E-state index in [1.165, 1.54) is 12.1 Å². The van der Waals surface area contributed by atoms with E-state index in [-0.39, 0.29) is 39.8 Å². The number of carbonyl (C=O) groups excluding carboxylic acids is 2. The van der Waals surface area contributed by atoms with E-state index in [0.717, 1.165) is 10.9 Å². The van der Waals surface area contributed by atoms with Crippen molar-refractivity contribution in [1.82, 2.24) is 14.8 Å². The Kier molecular flexibility index (Phi) is 4.88. The number of nitrogens with zero attached hydrogens (tertiary/aromatic N) is 1. The number of ketones is 1. The molecule has 4 N–H and O–H groups in total. The average molecular weight is 497 g/mol. The normalized spacial score (nSPS) is 19.3. The zero-order chi connectivity index (χ0) is 26.1. The van der Waals surface area contributed by atoms with Gasteiger partial charge in [0, 0.05) is 29.6 Å². The molecule has 0 bridgehead atoms. The summed E-state index contributed by atoms with van der Waals surface area (Å²) in [6.07, 6.45) is 0.722. The lowest BCUT2D eigenvalue weighted by molar-refractivity contribution is -0.119. The summed E-state index contributed by atoms with van der Waals surface area (Å²) in [4.78, 5) is 56.8. The fourth-order valence-corrected chi connectivity index (χ4v) is 5.42. The highest BCUT2D eigenvalue weighted by molar-refractivity contribution is 6.06. The van der Waals surface area contributed by atoms with E-state index < -0.39 is 22.9 Å². The number of nitrogens with one attached hydrogen (secondary N) is 2. The van der Waals surface area contributed by atoms with Gasteiger partial charge in [-0.3, -0.25) is 24.3 Å². The quantitative estimate of drug-likeness (QED) is 0.388. The first-order valence-electron chi connectivity index (χ1n) is 11.9. The third kappa shape index (κ3) is 3.54. The topological polar surface area (TPSA) is 140 Å². The van der Waals surface area contributed by atoms with Crippen molar-refractivity contribution in [1.29, 1.82) is 0 Å². The first kappa shape index (κ1) is 22.8. The third-order valence-corrected chi connectivity index (χ3v) is 7.07. The number of hydrogen-bond donors (Lipinski definition) is 3. The molecule has 2 aliphatic rings. The average Bonchev–Trinajstić information content (AvgIpc) is 3.28. The number of nitrogens with two attached hydrogens (primary N) is 1. The fraction of sp³-hybridized carbons (Fsp3) is 0.214. The van der Waals surface area contributed by atoms with Gasteiger partial charge < -0.3 is 15.5 Å². The number of aromatic nitrogens is 3. The van der Waals surface area contributed by atoms with Crippen molar-refractivity contribution in [2.24, 2.45) is 11.1 Å². The molecule has 6 rings (SSSR count). The molecule has 2 aromatic carbocycles. The Morgan fingerprint density at radius 3 is 2.49 bits per heavy atom. The van der Waals surface area contributed by atoms with Crippen LogP contribution in [0.1, 0.15) is 43.1 Å². The molecule has 1 aliphatic carbocycles. The Labute approximate surface area is 210 Å². The highest BCUT2D eigenvalue weighted by atomic mass is 16.5. The molecular weight excluding hydrogens is 472 g/mol. The summed E-state index contributed by atoms with van der Waals surface area (Å²) in [6, 6.07) is 15.7. The molecule has 0 fully saturated rings. The van der Waals surface area contributed by atoms with Crippen molar-refractivity contribution >= 4 is 33.4 Å². The van der Waals surface area contributed by atoms with Crippen LogP contribution in [-0.4, -0.2) is 26.5 Å². The highest BCUT2D eigenvalue weighted by Gasteiger charge is 2.45. The van der Waals surface area contributed by atoms with Gasteiger partial charge in [-0.15, -0.1) is 0 Å². The molecule has 0 amide bonds. The number of ether oxygens (including phenoxy) is 1. The molecule has 9 heteroatoms. The number of Topliss-reactive ketones (excluding diaryl/α,β-unsaturated/α-hetero) is 1. The Morgan fingerprint density at radius 2 is 1.73 bits per heavy atom. The van der Waals surface area contributed by atoms with Gasteiger partial charge in [0.05, 0.1) is 22.3 Å². The molecule has 0 spiro atoms. The lowest BCUT2D eigenvalue weighted by atomic mass is 9.71. The number of hydrogen-bond acceptors (Lipinski definition) is 6. The second kappa shape index (κ2) is 7.92. The SMILES string of the molecule is CC1(C)CC(=O)C2=C(C1)OC(N)=C(C(=O)n1[nH]c(=O)c3ccccc3c1=O)C2c1cc2ccccc2[nH]1. The van der Waals surface area contributed by atoms with E-state index in [2.05, 4.69) is 10.1 Å². The second-order valence-electron chi connectivity index (χ2n) is 10.3. The van der Waals surface area contributed by atoms with Crippen LogP contribution in [0.25, 0.3) is 21.7 Å². The number of allylic oxidation sites excluding steroid dienone is 3. The molecule has 0 radical (unpaired) electrons. The summed E-state index contributed by atoms with van der Waals surface area (Å²) >= 11 is 0. The minimum atomic E-state index is -0.908. The molecule has 4 aromatic rings. The van der Waals surface area contributed by atoms with E-state index in [1.54, 1.807) is 12.1 Å². The van der Waals surface area contributed by atoms with Crippen LogP contribution < -0.4 is 16.9 Å². The van der Waals surface area contributed by atoms with E-state index >= 15 is 0 Å². The number of benzene rings is 2. The largest absolute Gasteiger partial charge is 0.445 e. The molecule has 1 unspecified atom stereocenters. The van der Waals surface area contributed by atoms with E-state index in [1.807, 2.05) is 44.2 Å². The predicted molar refractivity (Wildman–Crippen MR) is 138 cm³/mol. The lowest BCUT2D eigenvalue weighted by Crippen LogP contribution is -2.40. The van der Waals surface area contributed by atoms with Crippen LogP contribution in [0.15, 0.2) is 87.0 Å². The van der Waals surface area contributed by atoms with Crippen molar-refractivity contribution in [3.8, 4) is 0 Å². The minimum absolute atomic E-state index is 0.0908. The van der Waals surface area contributed by atoms with Crippen LogP contribution in [0.5, 0.6) is 0 Å². The first-order valence-corrected chi connectivity index (χ1v) is 11.9. The van der Waals surface area contributed by atoms with Gasteiger partial charge in [0.15, 0.2) is 11.7 Å². The highest BCUT2D eigenvalue weighted by Crippen LogP contribution is 2.48. The smallest absolute Gasteiger partial charge is 0.282 e. The van der Waals surface area contributed by atoms with Gasteiger partial charge in [0.2, 0.25) is 0 Å². The van der Waals surface area contributed by atoms with E-state index in [4.69, 9.17) is 10.5 Å². The minimum Gasteiger partial charge on any atom is -0.445 e. The lowest BCUT2D eigenvalue weighted by Gasteiger charge is -2.37. The number of rotatable bonds is 2. The zero-order valence-electron chi connectivity index (χ0n) is 20.3. The van der Waals surface area contributed by atoms with Gasteiger partial charge in [-0.1, -0.05) is 44.2 Å². The van der Waals surface area contributed by atoms with Gasteiger partial charge in [-0.25, -0.2) is 0 Å². The third-order valence-electron chi connectivity index (χ3n) is 7.07. The summed E-state index contributed by atoms with van der Waals surface area (Å²) in [7, 11) is 0. The van der Waals surface area contributed by atoms with Gasteiger partial charge in [-0.05, 0) is 35.1 Å². The molecular formula is C28H24N4O5. The van der Waals surface area contributed by atoms with Crippen molar-refractivity contribution in [3.05, 3.63) is 104 Å². The summed E-state index contributed by atoms with van der Waals surface area (Å²) in [5.74, 6) is -1.73. The van der Waals surface area contributed by atoms with Crippen LogP contribution in [-0.2, 0) is 9.53 Å². The maximum absolute atomic E-state index is 14.0. The van der Waals surface area contributed by atoms with E-state index in [9.17, 15) is 19.2 Å². The molecule has 1 aliphatic heterocycles. The summed E-state index contributed by atoms with van der Waals surface area (Å²) < 4.78 is 6.56. The number of fused-ring (bicyclic) bond motifs is 2. The van der Waals surface area contributed by atoms with Crippen molar-refractivity contribution in [3.63, 3.8) is 0 Å². The Bertz CT molecular complexity index is 1800. The number of para-hydroxylation sites is 1. The number of carbonyl (C=O) groups is 2. The standard InChI is InChI=1S/C28H24N4O5/c1-28(2)12-19(33)22-20(13-28)37-24(29)23(21(22)18-11-14-7-3-6-10-17(14)30-18)27(36)32-26(35)16-9-5-4-8-15(16)25(34)31-32/h3-11,21,30H,12-13,29H2,1-2H3,(H,31,34). The maximum Gasteiger partial charge on any atom is 0.282 e. The molecule has 0 saturated heterocycles. The monoisotopic (exact) mass is 496 g/mol. The molecule has 0 saturated carbocycles. The first-order chi connectivity index (χ1) is 17.6. The van der Waals surface area contributed by atoms with E-state index in [0.29, 0.717) is 28.1 Å². The second-order valence-corrected chi connectivity index (χ2v) is 10.3. The maximum atomic E-state index is 14.0. The van der Waals surface area contributed by atoms with Crippen molar-refractivity contribution < 1.29 is 14.3 Å². The summed E-state index contributed by atoms with van der Waals surface area (Å²) in [6.45, 7) is 3.94. The van der Waals surface area contributed by atoms with Gasteiger partial charge in [0.25, 0.3) is 17.0 Å². The fourth-order valence-electron chi connectivity index (χ4n) is 5.42. The zero-order valence-corrected chi connectivity index (χ0v) is 20.3. The van der Waals surface area contributed by atoms with Gasteiger partial charge in [0.1, 0.15) is 5.76 Å². The van der Waals surface area contributed by atoms with Gasteiger partial charge in [-0.2, -0.15) is 4.68 Å². The number of aromatic amines is 2. The summed E-state index contributed by atoms with van der Waals surface area (Å²) in [5, 5.41) is 3.52. The van der Waals surface area contributed by atoms with Gasteiger partial charge >= 0.3 is 0 Å². The molecule has 9 nitrogen and oxygen atoms in total. The Balaban J connectivity index is 1.58. The van der Waals surface area contributed by atoms with Crippen LogP contribution in [0.4, 0.5) is 0 Å². The predicted octanol–water partition coefficient (Wildman–Crippen LogP) is 3.44. The van der Waals surface area contributed by atoms with Crippen LogP contribution in [0.3, 0.4) is 0 Å². The molecule has 37 heavy (non-hydrogen) atoms. The van der Waals surface area contributed by atoms with Crippen LogP contribution in [0.2, 0.25) is 0 Å². The summed E-state index contributed by atoms with van der Waals surface area (Å²) in [5.41, 5.74) is 6.33. The number of H-pyrrole nitrogens is 2. The van der Waals surface area contributed by atoms with Crippen LogP contribution >= 0.6 is 0 Å². The molecule has 2 aromatic heterocycles. The molecule has 186 valence electrons. The van der Waals surface area contributed by atoms with Crippen molar-refractivity contribution in [2.45, 2.75) is 32.6 Å². The molecule has 1 atom stereocenters. The Morgan fingerprint density at radius 1 is 1.03 bits per heavy atom. The Hall–Kier alpha value is -4.66. The van der Waals surface area contributed by atoms with Crippen molar-refractivity contribution in [2.75, 3.05) is 0 Å². The van der Waals surface area contributed by atoms with Crippen LogP contribution in [0, 0.1) is 5.41 Å².